The van der Waals surface area contributed by atoms with Crippen molar-refractivity contribution in [2.45, 2.75) is 18.0 Å². The Kier molecular flexibility index (Phi) is 6.68. The monoisotopic (exact) mass is 478 g/mol. The molecule has 12 heteroatoms. The van der Waals surface area contributed by atoms with Crippen LogP contribution in [-0.2, 0) is 21.0 Å². The second-order valence-electron chi connectivity index (χ2n) is 6.76. The van der Waals surface area contributed by atoms with E-state index in [2.05, 4.69) is 20.3 Å². The lowest BCUT2D eigenvalue weighted by Gasteiger charge is -2.15. The van der Waals surface area contributed by atoms with Gasteiger partial charge in [0.05, 0.1) is 27.5 Å². The van der Waals surface area contributed by atoms with Crippen molar-refractivity contribution in [3.05, 3.63) is 78.1 Å². The van der Waals surface area contributed by atoms with Crippen LogP contribution in [0.5, 0.6) is 0 Å². The van der Waals surface area contributed by atoms with Gasteiger partial charge in [-0.1, -0.05) is 0 Å². The summed E-state index contributed by atoms with van der Waals surface area (Å²) in [5, 5.41) is 4.67. The molecule has 3 N–H and O–H groups in total. The van der Waals surface area contributed by atoms with E-state index >= 15 is 0 Å². The van der Waals surface area contributed by atoms with Gasteiger partial charge in [0.15, 0.2) is 0 Å². The van der Waals surface area contributed by atoms with Crippen LogP contribution < -0.4 is 15.4 Å². The van der Waals surface area contributed by atoms with Gasteiger partial charge in [-0.05, 0) is 54.6 Å². The molecule has 2 amide bonds. The molecule has 0 aliphatic carbocycles. The van der Waals surface area contributed by atoms with Gasteiger partial charge in [-0.25, -0.2) is 8.42 Å². The lowest BCUT2D eigenvalue weighted by Crippen LogP contribution is -2.17. The Morgan fingerprint density at radius 2 is 1.52 bits per heavy atom. The highest BCUT2D eigenvalue weighted by molar-refractivity contribution is 7.92. The number of pyridine rings is 1. The quantitative estimate of drug-likeness (QED) is 0.493. The zero-order valence-corrected chi connectivity index (χ0v) is 17.8. The van der Waals surface area contributed by atoms with Crippen LogP contribution >= 0.6 is 0 Å². The number of hydrogen-bond acceptors (Lipinski definition) is 5. The van der Waals surface area contributed by atoms with Gasteiger partial charge in [0.2, 0.25) is 5.91 Å². The summed E-state index contributed by atoms with van der Waals surface area (Å²) in [6, 6.07) is 10.2. The lowest BCUT2D eigenvalue weighted by atomic mass is 10.1. The molecule has 0 aliphatic rings. The molecule has 0 fully saturated rings. The topological polar surface area (TPSA) is 117 Å². The lowest BCUT2D eigenvalue weighted by molar-refractivity contribution is -0.137. The second kappa shape index (κ2) is 9.28. The molecular formula is C21H17F3N4O4S. The van der Waals surface area contributed by atoms with Crippen LogP contribution in [0, 0.1) is 0 Å². The summed E-state index contributed by atoms with van der Waals surface area (Å²) in [5.74, 6) is -1.34. The maximum atomic E-state index is 13.1. The summed E-state index contributed by atoms with van der Waals surface area (Å²) in [6.07, 6.45) is -1.84. The zero-order chi connectivity index (χ0) is 24.2. The fourth-order valence-corrected chi connectivity index (χ4v) is 3.80. The Labute approximate surface area is 186 Å². The number of halogens is 3. The molecule has 0 aliphatic heterocycles. The number of rotatable bonds is 6. The molecular weight excluding hydrogens is 461 g/mol. The van der Waals surface area contributed by atoms with E-state index in [-0.39, 0.29) is 21.8 Å². The van der Waals surface area contributed by atoms with Crippen molar-refractivity contribution in [2.75, 3.05) is 15.4 Å². The third-order valence-corrected chi connectivity index (χ3v) is 5.66. The van der Waals surface area contributed by atoms with Crippen LogP contribution in [0.3, 0.4) is 0 Å². The number of sulfonamides is 1. The minimum absolute atomic E-state index is 0.0101. The molecule has 8 nitrogen and oxygen atoms in total. The van der Waals surface area contributed by atoms with Crippen molar-refractivity contribution >= 4 is 38.9 Å². The molecule has 0 atom stereocenters. The first-order valence-corrected chi connectivity index (χ1v) is 10.8. The summed E-state index contributed by atoms with van der Waals surface area (Å²) < 4.78 is 66.5. The smallest absolute Gasteiger partial charge is 0.325 e. The molecule has 1 aromatic heterocycles. The molecule has 0 bridgehead atoms. The van der Waals surface area contributed by atoms with E-state index in [1.807, 2.05) is 0 Å². The van der Waals surface area contributed by atoms with Crippen molar-refractivity contribution in [1.29, 1.82) is 0 Å². The van der Waals surface area contributed by atoms with Gasteiger partial charge in [0, 0.05) is 24.9 Å². The average molecular weight is 478 g/mol. The van der Waals surface area contributed by atoms with Gasteiger partial charge in [-0.2, -0.15) is 13.2 Å². The van der Waals surface area contributed by atoms with Gasteiger partial charge in [0.1, 0.15) is 0 Å². The van der Waals surface area contributed by atoms with Crippen molar-refractivity contribution in [2.24, 2.45) is 0 Å². The minimum Gasteiger partial charge on any atom is -0.325 e. The first-order valence-electron chi connectivity index (χ1n) is 9.29. The number of carbonyl (C=O) groups excluding carboxylic acids is 2. The highest BCUT2D eigenvalue weighted by Gasteiger charge is 2.31. The third kappa shape index (κ3) is 6.07. The standard InChI is InChI=1S/C21H17F3N4O4S/c1-13(29)26-18-7-4-15(21(22,23)24)12-19(18)27-20(30)14-2-5-17(6-3-14)33(31,32)28-16-8-10-25-11-9-16/h2-12H,1H3,(H,25,28)(H,26,29)(H,27,30). The Balaban J connectivity index is 1.83. The largest absolute Gasteiger partial charge is 0.416 e. The Morgan fingerprint density at radius 1 is 0.879 bits per heavy atom. The van der Waals surface area contributed by atoms with Gasteiger partial charge in [-0.3, -0.25) is 19.3 Å². The van der Waals surface area contributed by atoms with E-state index in [0.717, 1.165) is 12.1 Å². The molecule has 33 heavy (non-hydrogen) atoms. The van der Waals surface area contributed by atoms with Crippen LogP contribution in [0.4, 0.5) is 30.2 Å². The van der Waals surface area contributed by atoms with Crippen molar-refractivity contribution in [3.63, 3.8) is 0 Å². The highest BCUT2D eigenvalue weighted by atomic mass is 32.2. The summed E-state index contributed by atoms with van der Waals surface area (Å²) in [7, 11) is -3.94. The predicted molar refractivity (Wildman–Crippen MR) is 115 cm³/mol. The minimum atomic E-state index is -4.66. The second-order valence-corrected chi connectivity index (χ2v) is 8.44. The average Bonchev–Trinajstić information content (AvgIpc) is 2.74. The first-order chi connectivity index (χ1) is 15.5. The van der Waals surface area contributed by atoms with E-state index in [0.29, 0.717) is 11.8 Å². The number of benzene rings is 2. The van der Waals surface area contributed by atoms with E-state index in [4.69, 9.17) is 0 Å². The summed E-state index contributed by atoms with van der Waals surface area (Å²) in [4.78, 5) is 27.6. The Hall–Kier alpha value is -3.93. The van der Waals surface area contributed by atoms with E-state index in [1.165, 1.54) is 55.7 Å². The first kappa shape index (κ1) is 23.7. The molecule has 0 saturated carbocycles. The molecule has 0 unspecified atom stereocenters. The van der Waals surface area contributed by atoms with Crippen LogP contribution in [0.2, 0.25) is 0 Å². The molecule has 0 radical (unpaired) electrons. The van der Waals surface area contributed by atoms with Crippen LogP contribution in [0.25, 0.3) is 0 Å². The SMILES string of the molecule is CC(=O)Nc1ccc(C(F)(F)F)cc1NC(=O)c1ccc(S(=O)(=O)Nc2ccncc2)cc1. The summed E-state index contributed by atoms with van der Waals surface area (Å²) in [5.41, 5.74) is -1.02. The predicted octanol–water partition coefficient (Wildman–Crippen LogP) is 4.11. The van der Waals surface area contributed by atoms with Gasteiger partial charge >= 0.3 is 6.18 Å². The molecule has 0 saturated heterocycles. The highest BCUT2D eigenvalue weighted by Crippen LogP contribution is 2.34. The van der Waals surface area contributed by atoms with Crippen LogP contribution in [0.15, 0.2) is 71.9 Å². The van der Waals surface area contributed by atoms with Crippen molar-refractivity contribution in [3.8, 4) is 0 Å². The molecule has 2 aromatic carbocycles. The van der Waals surface area contributed by atoms with Crippen LogP contribution in [0.1, 0.15) is 22.8 Å². The molecule has 3 rings (SSSR count). The zero-order valence-electron chi connectivity index (χ0n) is 17.0. The summed E-state index contributed by atoms with van der Waals surface area (Å²) >= 11 is 0. The molecule has 1 heterocycles. The van der Waals surface area contributed by atoms with E-state index in [1.54, 1.807) is 0 Å². The van der Waals surface area contributed by atoms with Crippen molar-refractivity contribution in [1.82, 2.24) is 4.98 Å². The number of nitrogens with zero attached hydrogens (tertiary/aromatic N) is 1. The number of amides is 2. The molecule has 172 valence electrons. The fourth-order valence-electron chi connectivity index (χ4n) is 2.74. The van der Waals surface area contributed by atoms with Gasteiger partial charge < -0.3 is 10.6 Å². The van der Waals surface area contributed by atoms with E-state index in [9.17, 15) is 31.2 Å². The Bertz CT molecular complexity index is 1280. The fraction of sp³-hybridized carbons (Fsp3) is 0.0952. The van der Waals surface area contributed by atoms with E-state index < -0.39 is 33.6 Å². The number of alkyl halides is 3. The third-order valence-electron chi connectivity index (χ3n) is 4.27. The number of carbonyl (C=O) groups is 2. The maximum Gasteiger partial charge on any atom is 0.416 e. The Morgan fingerprint density at radius 3 is 2.09 bits per heavy atom. The number of hydrogen-bond donors (Lipinski definition) is 3. The van der Waals surface area contributed by atoms with Crippen LogP contribution in [-0.4, -0.2) is 25.2 Å². The number of anilines is 3. The number of aromatic nitrogens is 1. The van der Waals surface area contributed by atoms with Gasteiger partial charge in [-0.15, -0.1) is 0 Å². The maximum absolute atomic E-state index is 13.1. The number of nitrogens with one attached hydrogen (secondary N) is 3. The normalized spacial score (nSPS) is 11.5. The molecule has 3 aromatic rings. The summed E-state index contributed by atoms with van der Waals surface area (Å²) in [6.45, 7) is 1.17. The van der Waals surface area contributed by atoms with Crippen molar-refractivity contribution < 1.29 is 31.2 Å². The van der Waals surface area contributed by atoms with Gasteiger partial charge in [0.25, 0.3) is 15.9 Å². The molecule has 0 spiro atoms.